The van der Waals surface area contributed by atoms with Crippen LogP contribution in [0.25, 0.3) is 10.2 Å². The van der Waals surface area contributed by atoms with Crippen molar-refractivity contribution in [2.24, 2.45) is 0 Å². The number of rotatable bonds is 3. The van der Waals surface area contributed by atoms with E-state index in [1.165, 1.54) is 10.4 Å². The second-order valence-corrected chi connectivity index (χ2v) is 6.15. The molecule has 102 valence electrons. The number of anilines is 1. The summed E-state index contributed by atoms with van der Waals surface area (Å²) in [6, 6.07) is 4.07. The number of nitrogens with zero attached hydrogens (tertiary/aromatic N) is 3. The van der Waals surface area contributed by atoms with E-state index in [2.05, 4.69) is 40.2 Å². The highest BCUT2D eigenvalue weighted by atomic mass is 35.5. The van der Waals surface area contributed by atoms with Gasteiger partial charge in [0.15, 0.2) is 0 Å². The minimum absolute atomic E-state index is 0.268. The highest BCUT2D eigenvalue weighted by molar-refractivity contribution is 7.18. The van der Waals surface area contributed by atoms with Crippen LogP contribution in [0.4, 0.5) is 5.82 Å². The molecular formula is C14H13ClN4S. The second kappa shape index (κ2) is 5.34. The average Bonchev–Trinajstić information content (AvgIpc) is 2.77. The number of nitrogens with one attached hydrogen (secondary N) is 1. The Morgan fingerprint density at radius 3 is 2.95 bits per heavy atom. The van der Waals surface area contributed by atoms with Gasteiger partial charge in [-0.1, -0.05) is 0 Å². The fourth-order valence-electron chi connectivity index (χ4n) is 2.01. The molecule has 0 aliphatic rings. The van der Waals surface area contributed by atoms with Crippen molar-refractivity contribution in [1.82, 2.24) is 15.0 Å². The molecule has 0 saturated heterocycles. The van der Waals surface area contributed by atoms with Crippen LogP contribution in [0.3, 0.4) is 0 Å². The molecule has 0 fully saturated rings. The van der Waals surface area contributed by atoms with Crippen LogP contribution in [-0.2, 0) is 6.54 Å². The number of thiophene rings is 1. The topological polar surface area (TPSA) is 50.7 Å². The lowest BCUT2D eigenvalue weighted by Gasteiger charge is -2.08. The maximum absolute atomic E-state index is 5.98. The Morgan fingerprint density at radius 1 is 1.30 bits per heavy atom. The van der Waals surface area contributed by atoms with Crippen LogP contribution in [0.5, 0.6) is 0 Å². The van der Waals surface area contributed by atoms with E-state index >= 15 is 0 Å². The lowest BCUT2D eigenvalue weighted by molar-refractivity contribution is 1.06. The third-order valence-electron chi connectivity index (χ3n) is 3.08. The van der Waals surface area contributed by atoms with E-state index in [-0.39, 0.29) is 5.28 Å². The molecule has 0 bridgehead atoms. The molecule has 3 heterocycles. The lowest BCUT2D eigenvalue weighted by Crippen LogP contribution is -2.04. The summed E-state index contributed by atoms with van der Waals surface area (Å²) in [6.07, 6.45) is 3.65. The molecule has 0 atom stereocenters. The van der Waals surface area contributed by atoms with Crippen molar-refractivity contribution in [2.75, 3.05) is 5.32 Å². The Labute approximate surface area is 125 Å². The average molecular weight is 305 g/mol. The minimum Gasteiger partial charge on any atom is -0.365 e. The van der Waals surface area contributed by atoms with Crippen molar-refractivity contribution in [2.45, 2.75) is 20.4 Å². The van der Waals surface area contributed by atoms with Crippen LogP contribution >= 0.6 is 22.9 Å². The van der Waals surface area contributed by atoms with Gasteiger partial charge in [0, 0.05) is 23.8 Å². The molecule has 20 heavy (non-hydrogen) atoms. The van der Waals surface area contributed by atoms with Crippen LogP contribution in [0.1, 0.15) is 16.0 Å². The third-order valence-corrected chi connectivity index (χ3v) is 4.20. The summed E-state index contributed by atoms with van der Waals surface area (Å²) in [5.74, 6) is 0.771. The van der Waals surface area contributed by atoms with Crippen LogP contribution < -0.4 is 5.32 Å². The first-order valence-corrected chi connectivity index (χ1v) is 7.40. The molecule has 6 heteroatoms. The van der Waals surface area contributed by atoms with Crippen LogP contribution in [0.15, 0.2) is 24.5 Å². The largest absolute Gasteiger partial charge is 0.365 e. The van der Waals surface area contributed by atoms with E-state index in [9.17, 15) is 0 Å². The van der Waals surface area contributed by atoms with Crippen LogP contribution in [0.2, 0.25) is 5.28 Å². The Kier molecular flexibility index (Phi) is 3.54. The fraction of sp³-hybridized carbons (Fsp3) is 0.214. The van der Waals surface area contributed by atoms with Gasteiger partial charge in [0.1, 0.15) is 10.6 Å². The summed E-state index contributed by atoms with van der Waals surface area (Å²) in [4.78, 5) is 14.8. The summed E-state index contributed by atoms with van der Waals surface area (Å²) in [7, 11) is 0. The fourth-order valence-corrected chi connectivity index (χ4v) is 3.11. The summed E-state index contributed by atoms with van der Waals surface area (Å²) >= 11 is 7.60. The molecular weight excluding hydrogens is 292 g/mol. The normalized spacial score (nSPS) is 10.9. The third kappa shape index (κ3) is 2.59. The summed E-state index contributed by atoms with van der Waals surface area (Å²) in [6.45, 7) is 4.78. The van der Waals surface area contributed by atoms with Gasteiger partial charge >= 0.3 is 0 Å². The quantitative estimate of drug-likeness (QED) is 0.744. The smallest absolute Gasteiger partial charge is 0.225 e. The molecule has 0 aliphatic heterocycles. The molecule has 1 N–H and O–H groups in total. The van der Waals surface area contributed by atoms with Crippen molar-refractivity contribution in [1.29, 1.82) is 0 Å². The Morgan fingerprint density at radius 2 is 2.15 bits per heavy atom. The molecule has 4 nitrogen and oxygen atoms in total. The first kappa shape index (κ1) is 13.3. The SMILES string of the molecule is Cc1cc2c(NCc3cnccc3C)nc(Cl)nc2s1. The zero-order chi connectivity index (χ0) is 14.1. The number of hydrogen-bond donors (Lipinski definition) is 1. The van der Waals surface area contributed by atoms with Gasteiger partial charge in [-0.05, 0) is 48.7 Å². The van der Waals surface area contributed by atoms with Crippen LogP contribution in [0, 0.1) is 13.8 Å². The molecule has 3 aromatic heterocycles. The highest BCUT2D eigenvalue weighted by Gasteiger charge is 2.09. The maximum atomic E-state index is 5.98. The number of aryl methyl sites for hydroxylation is 2. The number of halogens is 1. The van der Waals surface area contributed by atoms with Gasteiger partial charge in [-0.25, -0.2) is 9.97 Å². The van der Waals surface area contributed by atoms with Crippen molar-refractivity contribution >= 4 is 39.0 Å². The molecule has 0 aromatic carbocycles. The summed E-state index contributed by atoms with van der Waals surface area (Å²) in [5.41, 5.74) is 2.34. The molecule has 0 spiro atoms. The van der Waals surface area contributed by atoms with Gasteiger partial charge in [-0.3, -0.25) is 4.98 Å². The Balaban J connectivity index is 1.93. The van der Waals surface area contributed by atoms with Crippen molar-refractivity contribution in [3.63, 3.8) is 0 Å². The molecule has 3 rings (SSSR count). The standard InChI is InChI=1S/C14H13ClN4S/c1-8-3-4-16-6-10(8)7-17-12-11-5-9(2)20-13(11)19-14(15)18-12/h3-6H,7H2,1-2H3,(H,17,18,19). The van der Waals surface area contributed by atoms with Crippen molar-refractivity contribution < 1.29 is 0 Å². The number of aromatic nitrogens is 3. The first-order chi connectivity index (χ1) is 9.63. The van der Waals surface area contributed by atoms with Crippen molar-refractivity contribution in [3.05, 3.63) is 45.8 Å². The van der Waals surface area contributed by atoms with Gasteiger partial charge in [0.2, 0.25) is 5.28 Å². The van der Waals surface area contributed by atoms with Gasteiger partial charge in [0.25, 0.3) is 0 Å². The lowest BCUT2D eigenvalue weighted by atomic mass is 10.1. The van der Waals surface area contributed by atoms with E-state index in [1.807, 2.05) is 12.3 Å². The Bertz CT molecular complexity index is 769. The van der Waals surface area contributed by atoms with Gasteiger partial charge in [0.05, 0.1) is 5.39 Å². The maximum Gasteiger partial charge on any atom is 0.225 e. The first-order valence-electron chi connectivity index (χ1n) is 6.20. The van der Waals surface area contributed by atoms with E-state index < -0.39 is 0 Å². The van der Waals surface area contributed by atoms with E-state index in [0.29, 0.717) is 6.54 Å². The van der Waals surface area contributed by atoms with E-state index in [4.69, 9.17) is 11.6 Å². The number of pyridine rings is 1. The molecule has 0 amide bonds. The number of hydrogen-bond acceptors (Lipinski definition) is 5. The van der Waals surface area contributed by atoms with E-state index in [0.717, 1.165) is 21.6 Å². The van der Waals surface area contributed by atoms with E-state index in [1.54, 1.807) is 17.5 Å². The van der Waals surface area contributed by atoms with Gasteiger partial charge in [-0.15, -0.1) is 11.3 Å². The Hall–Kier alpha value is -1.72. The van der Waals surface area contributed by atoms with Gasteiger partial charge in [-0.2, -0.15) is 0 Å². The van der Waals surface area contributed by atoms with Gasteiger partial charge < -0.3 is 5.32 Å². The predicted octanol–water partition coefficient (Wildman–Crippen LogP) is 3.97. The van der Waals surface area contributed by atoms with Crippen molar-refractivity contribution in [3.8, 4) is 0 Å². The molecule has 0 radical (unpaired) electrons. The second-order valence-electron chi connectivity index (χ2n) is 4.57. The zero-order valence-electron chi connectivity index (χ0n) is 11.1. The predicted molar refractivity (Wildman–Crippen MR) is 83.5 cm³/mol. The molecule has 0 unspecified atom stereocenters. The molecule has 3 aromatic rings. The van der Waals surface area contributed by atoms with Crippen LogP contribution in [-0.4, -0.2) is 15.0 Å². The summed E-state index contributed by atoms with van der Waals surface area (Å²) in [5, 5.41) is 4.61. The minimum atomic E-state index is 0.268. The highest BCUT2D eigenvalue weighted by Crippen LogP contribution is 2.29. The molecule has 0 aliphatic carbocycles. The summed E-state index contributed by atoms with van der Waals surface area (Å²) < 4.78 is 0. The zero-order valence-corrected chi connectivity index (χ0v) is 12.7. The number of fused-ring (bicyclic) bond motifs is 1. The monoisotopic (exact) mass is 304 g/mol. The molecule has 0 saturated carbocycles.